The zero-order chi connectivity index (χ0) is 85.8. The van der Waals surface area contributed by atoms with Gasteiger partial charge >= 0.3 is 0 Å². The lowest BCUT2D eigenvalue weighted by molar-refractivity contribution is 0.489. The lowest BCUT2D eigenvalue weighted by Crippen LogP contribution is -2.27. The third kappa shape index (κ3) is 15.1. The summed E-state index contributed by atoms with van der Waals surface area (Å²) in [5.41, 5.74) is 24.1. The zero-order valence-electron chi connectivity index (χ0n) is 69.3. The first-order chi connectivity index (χ1) is 63.2. The van der Waals surface area contributed by atoms with Crippen LogP contribution in [-0.4, -0.2) is 34.1 Å². The molecule has 608 valence electrons. The molecule has 0 radical (unpaired) electrons. The van der Waals surface area contributed by atoms with Gasteiger partial charge in [-0.25, -0.2) is 9.97 Å². The predicted octanol–water partition coefficient (Wildman–Crippen LogP) is 26.9. The van der Waals surface area contributed by atoms with E-state index in [-0.39, 0.29) is 0 Å². The topological polar surface area (TPSA) is 131 Å². The van der Waals surface area contributed by atoms with Crippen LogP contribution in [0.15, 0.2) is 485 Å². The second-order valence-electron chi connectivity index (χ2n) is 31.3. The minimum atomic E-state index is -3.32. The summed E-state index contributed by atoms with van der Waals surface area (Å²) in [7, 11) is -6.63. The third-order valence-corrected chi connectivity index (χ3v) is 29.9. The number of hydrogen-bond acceptors (Lipinski definition) is 9. The van der Waals surface area contributed by atoms with Crippen LogP contribution in [0.5, 0.6) is 11.5 Å². The molecule has 13 heteroatoms. The fourth-order valence-corrected chi connectivity index (χ4v) is 23.1. The molecule has 0 fully saturated rings. The van der Waals surface area contributed by atoms with Crippen molar-refractivity contribution < 1.29 is 18.3 Å². The van der Waals surface area contributed by atoms with Crippen LogP contribution in [0.25, 0.3) is 155 Å². The molecular formula is C115H79N7O4P2. The van der Waals surface area contributed by atoms with E-state index in [4.69, 9.17) is 14.1 Å². The van der Waals surface area contributed by atoms with E-state index >= 15 is 9.13 Å². The number of ether oxygens (including phenoxy) is 1. The second-order valence-corrected chi connectivity index (χ2v) is 36.8. The number of para-hydroxylation sites is 6. The summed E-state index contributed by atoms with van der Waals surface area (Å²) in [4.78, 5) is 22.4. The summed E-state index contributed by atoms with van der Waals surface area (Å²) in [6.45, 7) is 0. The molecule has 0 saturated carbocycles. The number of benzene rings is 16. The molecule has 128 heavy (non-hydrogen) atoms. The molecule has 16 aromatic carbocycles. The van der Waals surface area contributed by atoms with E-state index in [1.807, 2.05) is 250 Å². The molecule has 0 amide bonds. The Morgan fingerprint density at radius 2 is 0.578 bits per heavy atom. The Bertz CT molecular complexity index is 7630. The van der Waals surface area contributed by atoms with Crippen molar-refractivity contribution in [2.24, 2.45) is 0 Å². The number of furan rings is 1. The number of fused-ring (bicyclic) bond motifs is 9. The average Bonchev–Trinajstić information content (AvgIpc) is 1.56. The quantitative estimate of drug-likeness (QED) is 0.0818. The van der Waals surface area contributed by atoms with Gasteiger partial charge in [-0.05, 0) is 201 Å². The molecule has 0 N–H and O–H groups in total. The number of aromatic nitrogens is 7. The Balaban J connectivity index is 0.000000117. The highest BCUT2D eigenvalue weighted by molar-refractivity contribution is 7.86. The maximum Gasteiger partial charge on any atom is 0.197 e. The molecule has 0 atom stereocenters. The Labute approximate surface area is 740 Å². The Morgan fingerprint density at radius 1 is 0.250 bits per heavy atom. The van der Waals surface area contributed by atoms with Crippen LogP contribution in [0.1, 0.15) is 0 Å². The van der Waals surface area contributed by atoms with Gasteiger partial charge in [0.25, 0.3) is 0 Å². The van der Waals surface area contributed by atoms with Gasteiger partial charge in [0, 0.05) is 108 Å². The Kier molecular flexibility index (Phi) is 21.5. The highest BCUT2D eigenvalue weighted by atomic mass is 31.2. The van der Waals surface area contributed by atoms with Crippen LogP contribution < -0.4 is 36.6 Å². The third-order valence-electron chi connectivity index (χ3n) is 23.7. The molecule has 0 aliphatic carbocycles. The van der Waals surface area contributed by atoms with Crippen molar-refractivity contribution in [2.75, 3.05) is 0 Å². The van der Waals surface area contributed by atoms with E-state index in [1.54, 1.807) is 6.33 Å². The molecule has 7 aromatic heterocycles. The molecule has 0 saturated heterocycles. The Morgan fingerprint density at radius 3 is 1.00 bits per heavy atom. The van der Waals surface area contributed by atoms with Gasteiger partial charge in [-0.3, -0.25) is 19.5 Å². The maximum absolute atomic E-state index is 15.2. The first-order valence-corrected chi connectivity index (χ1v) is 45.9. The van der Waals surface area contributed by atoms with Crippen LogP contribution in [0, 0.1) is 0 Å². The van der Waals surface area contributed by atoms with E-state index in [1.165, 1.54) is 38.3 Å². The summed E-state index contributed by atoms with van der Waals surface area (Å²) in [5.74, 6) is 1.66. The van der Waals surface area contributed by atoms with Crippen molar-refractivity contribution in [3.63, 3.8) is 0 Å². The first kappa shape index (κ1) is 78.9. The van der Waals surface area contributed by atoms with Crippen molar-refractivity contribution in [1.82, 2.24) is 34.1 Å². The van der Waals surface area contributed by atoms with Gasteiger partial charge in [0.15, 0.2) is 25.7 Å². The molecule has 23 aromatic rings. The van der Waals surface area contributed by atoms with Gasteiger partial charge in [-0.1, -0.05) is 297 Å². The number of rotatable bonds is 17. The monoisotopic (exact) mass is 1680 g/mol. The van der Waals surface area contributed by atoms with E-state index in [9.17, 15) is 0 Å². The summed E-state index contributed by atoms with van der Waals surface area (Å²) in [5, 5.41) is 9.84. The van der Waals surface area contributed by atoms with E-state index in [0.29, 0.717) is 27.7 Å². The molecule has 0 aliphatic rings. The van der Waals surface area contributed by atoms with Crippen molar-refractivity contribution in [1.29, 1.82) is 0 Å². The lowest BCUT2D eigenvalue weighted by atomic mass is 9.91. The van der Waals surface area contributed by atoms with Crippen LogP contribution in [0.3, 0.4) is 0 Å². The summed E-state index contributed by atoms with van der Waals surface area (Å²) in [6, 6.07) is 148. The average molecular weight is 1680 g/mol. The number of nitrogens with zero attached hydrogens (tertiary/aromatic N) is 7. The molecule has 11 nitrogen and oxygen atoms in total. The van der Waals surface area contributed by atoms with Crippen molar-refractivity contribution >= 4 is 112 Å². The highest BCUT2D eigenvalue weighted by Gasteiger charge is 2.36. The molecule has 0 aliphatic heterocycles. The first-order valence-electron chi connectivity index (χ1n) is 42.5. The van der Waals surface area contributed by atoms with Gasteiger partial charge in [0.05, 0.1) is 32.7 Å². The molecule has 23 rings (SSSR count). The van der Waals surface area contributed by atoms with Gasteiger partial charge < -0.3 is 22.9 Å². The van der Waals surface area contributed by atoms with Crippen LogP contribution in [0.4, 0.5) is 0 Å². The molecule has 0 bridgehead atoms. The SMILES string of the molecule is O=P(c1ccccc1)(c1ccccc1)c1ccccc1Oc1ccccc1P(=O)(c1ccccc1)c1ccccc1.c1ccc(-n2c3ccccc3c3cc(-c4ccc5c(c4)c4ccccc4n5-c4ncnc5c4oc4ccccc45)ccc32)cc1.c1cncc(-c2cccc(-c3cc(-c4cccc(-c5cccnc5)c4)cc(-c4cccc(-c5cccnc5)c4)c3)c2)c1. The van der Waals surface area contributed by atoms with Crippen LogP contribution in [0.2, 0.25) is 0 Å². The highest BCUT2D eigenvalue weighted by Crippen LogP contribution is 2.50. The normalized spacial score (nSPS) is 11.5. The Hall–Kier alpha value is -16.3. The van der Waals surface area contributed by atoms with E-state index in [0.717, 1.165) is 132 Å². The predicted molar refractivity (Wildman–Crippen MR) is 528 cm³/mol. The lowest BCUT2D eigenvalue weighted by Gasteiger charge is -2.25. The minimum absolute atomic E-state index is 0.462. The van der Waals surface area contributed by atoms with E-state index in [2.05, 4.69) is 254 Å². The maximum atomic E-state index is 15.2. The van der Waals surface area contributed by atoms with Gasteiger partial charge in [0.1, 0.15) is 28.9 Å². The largest absolute Gasteiger partial charge is 0.456 e. The fourth-order valence-electron chi connectivity index (χ4n) is 17.6. The van der Waals surface area contributed by atoms with E-state index < -0.39 is 14.3 Å². The van der Waals surface area contributed by atoms with Gasteiger partial charge in [-0.2, -0.15) is 0 Å². The summed E-state index contributed by atoms with van der Waals surface area (Å²) in [6.07, 6.45) is 12.8. The molecule has 7 heterocycles. The van der Waals surface area contributed by atoms with Crippen molar-refractivity contribution in [3.8, 4) is 101 Å². The summed E-state index contributed by atoms with van der Waals surface area (Å²) < 4.78 is 48.0. The van der Waals surface area contributed by atoms with Gasteiger partial charge in [-0.15, -0.1) is 0 Å². The van der Waals surface area contributed by atoms with Crippen molar-refractivity contribution in [3.05, 3.63) is 480 Å². The minimum Gasteiger partial charge on any atom is -0.456 e. The number of pyridine rings is 3. The smallest absolute Gasteiger partial charge is 0.197 e. The number of hydrogen-bond donors (Lipinski definition) is 0. The standard InChI is InChI=1S/C40H24N4O.C39H27N3.C36H28O3P2/c1-2-10-27(11-3-1)43-33-15-7-4-12-28(33)31-22-25(18-20-35(31)43)26-19-21-36-32(23-26)29-13-5-8-16-34(29)44(36)40-39-38(41-24-42-40)30-14-6-9-17-37(30)45-39;1-7-28(34-13-4-16-40-25-34)19-31(10-1)37-22-38(32-11-2-8-29(20-32)35-14-5-17-41-26-35)24-39(23-37)33-12-3-9-30(21-33)36-15-6-18-42-27-36;37-40(29-17-5-1-6-18-29,30-19-7-2-8-20-30)35-27-15-13-25-33(35)39-34-26-14-16-28-36(34)41(38,31-21-9-3-10-22-31)32-23-11-4-12-24-32/h1-24H;1-27H;1-28H. The summed E-state index contributed by atoms with van der Waals surface area (Å²) >= 11 is 0. The second kappa shape index (κ2) is 34.8. The van der Waals surface area contributed by atoms with Crippen LogP contribution >= 0.6 is 14.3 Å². The fraction of sp³-hybridized carbons (Fsp3) is 0. The zero-order valence-corrected chi connectivity index (χ0v) is 71.1. The molecule has 0 spiro atoms. The molecular weight excluding hydrogens is 1610 g/mol. The van der Waals surface area contributed by atoms with Gasteiger partial charge in [0.2, 0.25) is 0 Å². The molecule has 0 unspecified atom stereocenters. The van der Waals surface area contributed by atoms with Crippen LogP contribution in [-0.2, 0) is 9.13 Å². The van der Waals surface area contributed by atoms with Crippen molar-refractivity contribution in [2.45, 2.75) is 0 Å².